The number of carbonyl (C=O) groups is 1. The molecule has 0 aromatic carbocycles. The molecule has 3 aliphatic heterocycles. The second-order valence-corrected chi connectivity index (χ2v) is 7.83. The third-order valence-electron chi connectivity index (χ3n) is 5.93. The van der Waals surface area contributed by atoms with Gasteiger partial charge >= 0.3 is 0 Å². The average Bonchev–Trinajstić information content (AvgIpc) is 2.68. The molecule has 1 unspecified atom stereocenters. The van der Waals surface area contributed by atoms with Crippen molar-refractivity contribution in [3.8, 4) is 0 Å². The van der Waals surface area contributed by atoms with Crippen molar-refractivity contribution in [2.75, 3.05) is 68.6 Å². The summed E-state index contributed by atoms with van der Waals surface area (Å²) in [5, 5.41) is 2.91. The highest BCUT2D eigenvalue weighted by atomic mass is 16.5. The van der Waals surface area contributed by atoms with Gasteiger partial charge in [0, 0.05) is 49.6 Å². The molecule has 4 rings (SSSR count). The Labute approximate surface area is 159 Å². The lowest BCUT2D eigenvalue weighted by molar-refractivity contribution is -0.118. The lowest BCUT2D eigenvalue weighted by Gasteiger charge is -2.47. The monoisotopic (exact) mass is 376 g/mol. The molecule has 9 nitrogen and oxygen atoms in total. The molecule has 0 bridgehead atoms. The number of hydrogen-bond donors (Lipinski definition) is 2. The molecule has 0 saturated carbocycles. The summed E-state index contributed by atoms with van der Waals surface area (Å²) >= 11 is 0. The second kappa shape index (κ2) is 7.21. The predicted molar refractivity (Wildman–Crippen MR) is 102 cm³/mol. The number of nitrogens with one attached hydrogen (secondary N) is 1. The molecule has 0 radical (unpaired) electrons. The molecule has 2 fully saturated rings. The first-order chi connectivity index (χ1) is 13.0. The van der Waals surface area contributed by atoms with Crippen LogP contribution >= 0.6 is 0 Å². The SMILES string of the molecule is CC(C)(C1CC(=O)Nc2nc(N3CCOCC3)nc(N)c21)N1CCOCC1. The van der Waals surface area contributed by atoms with Gasteiger partial charge in [-0.25, -0.2) is 0 Å². The van der Waals surface area contributed by atoms with E-state index in [0.29, 0.717) is 50.4 Å². The Morgan fingerprint density at radius 3 is 2.37 bits per heavy atom. The van der Waals surface area contributed by atoms with Crippen molar-refractivity contribution in [3.05, 3.63) is 5.56 Å². The zero-order chi connectivity index (χ0) is 19.0. The fraction of sp³-hybridized carbons (Fsp3) is 0.722. The normalized spacial score (nSPS) is 24.4. The molecular weight excluding hydrogens is 348 g/mol. The first-order valence-corrected chi connectivity index (χ1v) is 9.59. The number of carbonyl (C=O) groups excluding carboxylic acids is 1. The number of amides is 1. The van der Waals surface area contributed by atoms with Crippen LogP contribution in [-0.4, -0.2) is 78.9 Å². The number of rotatable bonds is 3. The van der Waals surface area contributed by atoms with Gasteiger partial charge in [-0.1, -0.05) is 0 Å². The summed E-state index contributed by atoms with van der Waals surface area (Å²) in [6.45, 7) is 10.1. The Hall–Kier alpha value is -1.97. The van der Waals surface area contributed by atoms with Crippen LogP contribution in [0.25, 0.3) is 0 Å². The summed E-state index contributed by atoms with van der Waals surface area (Å²) in [5.41, 5.74) is 7.00. The van der Waals surface area contributed by atoms with E-state index in [0.717, 1.165) is 31.7 Å². The van der Waals surface area contributed by atoms with Gasteiger partial charge in [-0.2, -0.15) is 9.97 Å². The van der Waals surface area contributed by atoms with Gasteiger partial charge in [-0.15, -0.1) is 0 Å². The van der Waals surface area contributed by atoms with Crippen molar-refractivity contribution in [2.45, 2.75) is 31.7 Å². The standard InChI is InChI=1S/C18H28N6O3/c1-18(2,24-5-9-27-10-6-24)12-11-13(25)20-16-14(12)15(19)21-17(22-16)23-3-7-26-8-4-23/h12H,3-11H2,1-2H3,(H3,19,20,21,22,25). The summed E-state index contributed by atoms with van der Waals surface area (Å²) in [5.74, 6) is 1.46. The molecule has 1 aromatic rings. The van der Waals surface area contributed by atoms with Crippen molar-refractivity contribution < 1.29 is 14.3 Å². The molecule has 2 saturated heterocycles. The number of morpholine rings is 2. The van der Waals surface area contributed by atoms with Crippen molar-refractivity contribution >= 4 is 23.5 Å². The van der Waals surface area contributed by atoms with Crippen LogP contribution in [0.5, 0.6) is 0 Å². The van der Waals surface area contributed by atoms with E-state index in [1.165, 1.54) is 0 Å². The summed E-state index contributed by atoms with van der Waals surface area (Å²) < 4.78 is 10.9. The van der Waals surface area contributed by atoms with Crippen LogP contribution in [0.15, 0.2) is 0 Å². The molecule has 1 atom stereocenters. The van der Waals surface area contributed by atoms with Crippen LogP contribution in [0.1, 0.15) is 31.7 Å². The van der Waals surface area contributed by atoms with Gasteiger partial charge < -0.3 is 25.4 Å². The molecule has 148 valence electrons. The fourth-order valence-corrected chi connectivity index (χ4v) is 4.25. The van der Waals surface area contributed by atoms with Crippen LogP contribution in [0, 0.1) is 0 Å². The molecule has 3 aliphatic rings. The van der Waals surface area contributed by atoms with Gasteiger partial charge in [-0.05, 0) is 13.8 Å². The zero-order valence-electron chi connectivity index (χ0n) is 16.0. The quantitative estimate of drug-likeness (QED) is 0.782. The molecular formula is C18H28N6O3. The number of anilines is 3. The van der Waals surface area contributed by atoms with Crippen LogP contribution in [-0.2, 0) is 14.3 Å². The predicted octanol–water partition coefficient (Wildman–Crippen LogP) is 0.432. The third-order valence-corrected chi connectivity index (χ3v) is 5.93. The van der Waals surface area contributed by atoms with Gasteiger partial charge in [0.1, 0.15) is 11.6 Å². The Bertz CT molecular complexity index is 713. The number of nitrogens with two attached hydrogens (primary N) is 1. The van der Waals surface area contributed by atoms with Crippen LogP contribution in [0.2, 0.25) is 0 Å². The van der Waals surface area contributed by atoms with Crippen LogP contribution in [0.3, 0.4) is 0 Å². The smallest absolute Gasteiger partial charge is 0.229 e. The number of fused-ring (bicyclic) bond motifs is 1. The molecule has 1 aromatic heterocycles. The van der Waals surface area contributed by atoms with Gasteiger partial charge in [-0.3, -0.25) is 9.69 Å². The maximum atomic E-state index is 12.5. The van der Waals surface area contributed by atoms with E-state index in [1.807, 2.05) is 4.90 Å². The zero-order valence-corrected chi connectivity index (χ0v) is 16.0. The van der Waals surface area contributed by atoms with Crippen molar-refractivity contribution in [2.24, 2.45) is 0 Å². The summed E-state index contributed by atoms with van der Waals surface area (Å²) in [7, 11) is 0. The van der Waals surface area contributed by atoms with Crippen molar-refractivity contribution in [1.29, 1.82) is 0 Å². The molecule has 4 heterocycles. The number of nitrogen functional groups attached to an aromatic ring is 1. The van der Waals surface area contributed by atoms with Gasteiger partial charge in [0.25, 0.3) is 0 Å². The van der Waals surface area contributed by atoms with Crippen molar-refractivity contribution in [1.82, 2.24) is 14.9 Å². The van der Waals surface area contributed by atoms with E-state index < -0.39 is 0 Å². The van der Waals surface area contributed by atoms with Gasteiger partial charge in [0.15, 0.2) is 0 Å². The van der Waals surface area contributed by atoms with E-state index >= 15 is 0 Å². The van der Waals surface area contributed by atoms with Crippen LogP contribution in [0.4, 0.5) is 17.6 Å². The minimum absolute atomic E-state index is 0.0279. The van der Waals surface area contributed by atoms with Crippen LogP contribution < -0.4 is 16.0 Å². The van der Waals surface area contributed by atoms with E-state index in [2.05, 4.69) is 34.0 Å². The lowest BCUT2D eigenvalue weighted by Crippen LogP contribution is -2.54. The van der Waals surface area contributed by atoms with Crippen molar-refractivity contribution in [3.63, 3.8) is 0 Å². The lowest BCUT2D eigenvalue weighted by atomic mass is 9.76. The Kier molecular flexibility index (Phi) is 4.92. The highest BCUT2D eigenvalue weighted by Crippen LogP contribution is 2.44. The van der Waals surface area contributed by atoms with E-state index in [4.69, 9.17) is 15.2 Å². The molecule has 9 heteroatoms. The second-order valence-electron chi connectivity index (χ2n) is 7.83. The maximum absolute atomic E-state index is 12.5. The first kappa shape index (κ1) is 18.4. The summed E-state index contributed by atoms with van der Waals surface area (Å²) in [6.07, 6.45) is 0.377. The fourth-order valence-electron chi connectivity index (χ4n) is 4.25. The Morgan fingerprint density at radius 1 is 1.07 bits per heavy atom. The molecule has 3 N–H and O–H groups in total. The van der Waals surface area contributed by atoms with Gasteiger partial charge in [0.2, 0.25) is 11.9 Å². The summed E-state index contributed by atoms with van der Waals surface area (Å²) in [4.78, 5) is 26.1. The average molecular weight is 376 g/mol. The number of hydrogen-bond acceptors (Lipinski definition) is 8. The molecule has 27 heavy (non-hydrogen) atoms. The topological polar surface area (TPSA) is 106 Å². The highest BCUT2D eigenvalue weighted by molar-refractivity contribution is 5.95. The largest absolute Gasteiger partial charge is 0.383 e. The number of nitrogens with zero attached hydrogens (tertiary/aromatic N) is 4. The van der Waals surface area contributed by atoms with Gasteiger partial charge in [0.05, 0.1) is 26.4 Å². The minimum atomic E-state index is -0.256. The molecule has 0 aliphatic carbocycles. The molecule has 1 amide bonds. The first-order valence-electron chi connectivity index (χ1n) is 9.59. The van der Waals surface area contributed by atoms with E-state index in [-0.39, 0.29) is 17.4 Å². The molecule has 0 spiro atoms. The Morgan fingerprint density at radius 2 is 1.70 bits per heavy atom. The number of ether oxygens (including phenoxy) is 2. The number of aromatic nitrogens is 2. The van der Waals surface area contributed by atoms with E-state index in [9.17, 15) is 4.79 Å². The summed E-state index contributed by atoms with van der Waals surface area (Å²) in [6, 6.07) is 0. The third kappa shape index (κ3) is 3.46. The van der Waals surface area contributed by atoms with E-state index in [1.54, 1.807) is 0 Å². The maximum Gasteiger partial charge on any atom is 0.229 e. The Balaban J connectivity index is 1.69. The minimum Gasteiger partial charge on any atom is -0.383 e. The highest BCUT2D eigenvalue weighted by Gasteiger charge is 2.43.